The first kappa shape index (κ1) is 33.5. The standard InChI is InChI=1S/C33H38F2N6O6S/c1-4-22-27(39-10-12-40(13-11-39)31(45)25-28(43)21-8-16-47-23(21)17-37-25)29(44)26-32(48-30(38-26)20-6-14-46-15-7-20)41(22)18-24(42)36-9-5-19(2)33(3,34)35/h6,17,43H,2,4-5,7-16,18H2,1,3H3,(H,36,42). The quantitative estimate of drug-likeness (QED) is 0.307. The van der Waals surface area contributed by atoms with Gasteiger partial charge in [-0.25, -0.2) is 18.7 Å². The molecule has 6 heterocycles. The van der Waals surface area contributed by atoms with Gasteiger partial charge in [0.2, 0.25) is 11.3 Å². The Morgan fingerprint density at radius 1 is 1.19 bits per heavy atom. The van der Waals surface area contributed by atoms with E-state index in [1.807, 2.05) is 17.9 Å². The van der Waals surface area contributed by atoms with Crippen molar-refractivity contribution >= 4 is 44.8 Å². The maximum Gasteiger partial charge on any atom is 0.276 e. The number of anilines is 1. The van der Waals surface area contributed by atoms with E-state index < -0.39 is 17.7 Å². The molecule has 0 saturated carbocycles. The molecule has 3 aliphatic heterocycles. The lowest BCUT2D eigenvalue weighted by Gasteiger charge is -2.37. The minimum Gasteiger partial charge on any atom is -0.505 e. The molecule has 3 aliphatic rings. The monoisotopic (exact) mass is 684 g/mol. The second-order valence-corrected chi connectivity index (χ2v) is 13.0. The molecule has 0 unspecified atom stereocenters. The molecule has 15 heteroatoms. The van der Waals surface area contributed by atoms with Crippen molar-refractivity contribution in [2.75, 3.05) is 57.4 Å². The summed E-state index contributed by atoms with van der Waals surface area (Å²) in [5.41, 5.74) is 2.29. The summed E-state index contributed by atoms with van der Waals surface area (Å²) in [6.07, 6.45) is 4.89. The SMILES string of the molecule is C=C(CCNC(=O)Cn1c(CC)c(N2CCN(C(=O)c3ncc4c(c3O)CCO4)CC2)c(=O)c2nc(C3=CCOCC3)sc21)C(C)(F)F. The molecular formula is C33H38F2N6O6S. The molecule has 2 amide bonds. The number of carbonyl (C=O) groups excluding carboxylic acids is 2. The largest absolute Gasteiger partial charge is 0.505 e. The van der Waals surface area contributed by atoms with Crippen LogP contribution in [0.4, 0.5) is 14.5 Å². The number of amides is 2. The van der Waals surface area contributed by atoms with Crippen LogP contribution in [0.15, 0.2) is 29.2 Å². The van der Waals surface area contributed by atoms with Gasteiger partial charge in [0.15, 0.2) is 11.4 Å². The van der Waals surface area contributed by atoms with E-state index in [4.69, 9.17) is 14.5 Å². The van der Waals surface area contributed by atoms with Crippen LogP contribution in [-0.4, -0.2) is 94.8 Å². The molecule has 0 spiro atoms. The highest BCUT2D eigenvalue weighted by atomic mass is 32.1. The Balaban J connectivity index is 1.29. The van der Waals surface area contributed by atoms with Crippen LogP contribution in [0.1, 0.15) is 53.4 Å². The van der Waals surface area contributed by atoms with Crippen molar-refractivity contribution in [1.82, 2.24) is 24.8 Å². The van der Waals surface area contributed by atoms with Gasteiger partial charge < -0.3 is 34.3 Å². The highest BCUT2D eigenvalue weighted by Gasteiger charge is 2.32. The molecule has 1 saturated heterocycles. The fraction of sp³-hybridized carbons (Fsp3) is 0.485. The number of fused-ring (bicyclic) bond motifs is 2. The summed E-state index contributed by atoms with van der Waals surface area (Å²) in [5, 5.41) is 14.1. The molecule has 0 bridgehead atoms. The Labute approximate surface area is 279 Å². The van der Waals surface area contributed by atoms with Crippen molar-refractivity contribution in [3.8, 4) is 11.5 Å². The number of thiazole rings is 1. The lowest BCUT2D eigenvalue weighted by molar-refractivity contribution is -0.121. The number of carbonyl (C=O) groups is 2. The molecule has 12 nitrogen and oxygen atoms in total. The van der Waals surface area contributed by atoms with E-state index in [1.54, 1.807) is 9.47 Å². The Kier molecular flexibility index (Phi) is 9.52. The molecule has 0 radical (unpaired) electrons. The third-order valence-corrected chi connectivity index (χ3v) is 10.1. The van der Waals surface area contributed by atoms with Gasteiger partial charge in [0, 0.05) is 57.3 Å². The summed E-state index contributed by atoms with van der Waals surface area (Å²) < 4.78 is 39.9. The summed E-state index contributed by atoms with van der Waals surface area (Å²) in [6, 6.07) is 0. The van der Waals surface area contributed by atoms with Crippen LogP contribution in [0, 0.1) is 0 Å². The van der Waals surface area contributed by atoms with Crippen LogP contribution in [0.25, 0.3) is 15.9 Å². The normalized spacial score (nSPS) is 16.5. The third-order valence-electron chi connectivity index (χ3n) is 8.94. The summed E-state index contributed by atoms with van der Waals surface area (Å²) in [4.78, 5) is 53.8. The molecule has 2 N–H and O–H groups in total. The molecule has 1 fully saturated rings. The van der Waals surface area contributed by atoms with Crippen molar-refractivity contribution in [3.63, 3.8) is 0 Å². The van der Waals surface area contributed by atoms with Gasteiger partial charge in [-0.2, -0.15) is 0 Å². The number of hydrogen-bond donors (Lipinski definition) is 2. The van der Waals surface area contributed by atoms with E-state index in [2.05, 4.69) is 16.9 Å². The average molecular weight is 685 g/mol. The number of ether oxygens (including phenoxy) is 2. The molecular weight excluding hydrogens is 646 g/mol. The predicted molar refractivity (Wildman–Crippen MR) is 177 cm³/mol. The van der Waals surface area contributed by atoms with Crippen molar-refractivity contribution in [2.45, 2.75) is 52.0 Å². The molecule has 0 aromatic carbocycles. The van der Waals surface area contributed by atoms with Crippen molar-refractivity contribution in [3.05, 3.63) is 56.6 Å². The first-order valence-corrected chi connectivity index (χ1v) is 16.8. The molecule has 0 atom stereocenters. The number of alkyl halides is 2. The number of pyridine rings is 2. The Morgan fingerprint density at radius 3 is 2.65 bits per heavy atom. The van der Waals surface area contributed by atoms with E-state index in [0.717, 1.165) is 12.5 Å². The lowest BCUT2D eigenvalue weighted by atomic mass is 10.1. The van der Waals surface area contributed by atoms with Gasteiger partial charge in [-0.15, -0.1) is 0 Å². The van der Waals surface area contributed by atoms with Gasteiger partial charge in [-0.1, -0.05) is 30.9 Å². The number of nitrogens with one attached hydrogen (secondary N) is 1. The van der Waals surface area contributed by atoms with Crippen LogP contribution in [0.2, 0.25) is 0 Å². The molecule has 256 valence electrons. The minimum atomic E-state index is -3.04. The van der Waals surface area contributed by atoms with E-state index in [1.165, 1.54) is 17.5 Å². The maximum absolute atomic E-state index is 14.2. The summed E-state index contributed by atoms with van der Waals surface area (Å²) in [6.45, 7) is 8.57. The minimum absolute atomic E-state index is 0.00275. The molecule has 0 aliphatic carbocycles. The van der Waals surface area contributed by atoms with E-state index >= 15 is 0 Å². The summed E-state index contributed by atoms with van der Waals surface area (Å²) >= 11 is 1.34. The van der Waals surface area contributed by atoms with E-state index in [9.17, 15) is 28.3 Å². The van der Waals surface area contributed by atoms with Crippen molar-refractivity contribution in [1.29, 1.82) is 0 Å². The number of aromatic hydroxyl groups is 1. The fourth-order valence-corrected chi connectivity index (χ4v) is 7.37. The number of rotatable bonds is 10. The number of hydrogen-bond acceptors (Lipinski definition) is 10. The van der Waals surface area contributed by atoms with Crippen LogP contribution >= 0.6 is 11.3 Å². The zero-order valence-electron chi connectivity index (χ0n) is 26.9. The highest BCUT2D eigenvalue weighted by Crippen LogP contribution is 2.35. The second-order valence-electron chi connectivity index (χ2n) is 12.1. The lowest BCUT2D eigenvalue weighted by Crippen LogP contribution is -2.50. The summed E-state index contributed by atoms with van der Waals surface area (Å²) in [5.74, 6) is -3.52. The highest BCUT2D eigenvalue weighted by molar-refractivity contribution is 7.19. The van der Waals surface area contributed by atoms with Crippen LogP contribution in [-0.2, 0) is 28.9 Å². The average Bonchev–Trinajstić information content (AvgIpc) is 3.75. The number of piperazine rings is 1. The number of halogens is 2. The number of aromatic nitrogens is 3. The zero-order chi connectivity index (χ0) is 34.2. The van der Waals surface area contributed by atoms with Crippen molar-refractivity contribution in [2.24, 2.45) is 0 Å². The van der Waals surface area contributed by atoms with Gasteiger partial charge in [-0.3, -0.25) is 14.4 Å². The van der Waals surface area contributed by atoms with Gasteiger partial charge in [-0.05, 0) is 30.4 Å². The molecule has 3 aromatic rings. The smallest absolute Gasteiger partial charge is 0.276 e. The Hall–Kier alpha value is -4.37. The molecule has 48 heavy (non-hydrogen) atoms. The first-order valence-electron chi connectivity index (χ1n) is 16.0. The third kappa shape index (κ3) is 6.52. The van der Waals surface area contributed by atoms with Crippen LogP contribution in [0.5, 0.6) is 11.5 Å². The van der Waals surface area contributed by atoms with Gasteiger partial charge in [0.05, 0.1) is 26.0 Å². The second kappa shape index (κ2) is 13.6. The molecule has 3 aromatic heterocycles. The van der Waals surface area contributed by atoms with Gasteiger partial charge in [0.1, 0.15) is 33.3 Å². The zero-order valence-corrected chi connectivity index (χ0v) is 27.8. The van der Waals surface area contributed by atoms with Crippen LogP contribution < -0.4 is 20.4 Å². The van der Waals surface area contributed by atoms with Crippen molar-refractivity contribution < 1.29 is 33.0 Å². The predicted octanol–water partition coefficient (Wildman–Crippen LogP) is 3.54. The first-order chi connectivity index (χ1) is 23.0. The fourth-order valence-electron chi connectivity index (χ4n) is 6.21. The maximum atomic E-state index is 14.2. The topological polar surface area (TPSA) is 139 Å². The Bertz CT molecular complexity index is 1860. The van der Waals surface area contributed by atoms with Gasteiger partial charge in [0.25, 0.3) is 11.8 Å². The van der Waals surface area contributed by atoms with E-state index in [0.29, 0.717) is 84.7 Å². The Morgan fingerprint density at radius 2 is 1.96 bits per heavy atom. The molecule has 6 rings (SSSR count). The van der Waals surface area contributed by atoms with Gasteiger partial charge >= 0.3 is 0 Å². The van der Waals surface area contributed by atoms with Crippen LogP contribution in [0.3, 0.4) is 0 Å². The summed E-state index contributed by atoms with van der Waals surface area (Å²) in [7, 11) is 0. The number of nitrogens with zero attached hydrogens (tertiary/aromatic N) is 5. The van der Waals surface area contributed by atoms with E-state index in [-0.39, 0.29) is 60.6 Å².